The highest BCUT2D eigenvalue weighted by atomic mass is 16.7. The SMILES string of the molecule is OC1(C2CCCOC2)CCC2(CC1)OCCO2. The van der Waals surface area contributed by atoms with Gasteiger partial charge in [0.1, 0.15) is 0 Å². The molecule has 0 amide bonds. The zero-order valence-electron chi connectivity index (χ0n) is 10.3. The van der Waals surface area contributed by atoms with Crippen molar-refractivity contribution < 1.29 is 19.3 Å². The maximum atomic E-state index is 10.7. The van der Waals surface area contributed by atoms with Gasteiger partial charge < -0.3 is 19.3 Å². The normalized spacial score (nSPS) is 36.2. The smallest absolute Gasteiger partial charge is 0.168 e. The molecule has 1 saturated carbocycles. The van der Waals surface area contributed by atoms with Crippen LogP contribution in [0.5, 0.6) is 0 Å². The second-order valence-corrected chi connectivity index (χ2v) is 5.63. The molecule has 4 heteroatoms. The molecule has 0 aromatic rings. The van der Waals surface area contributed by atoms with Crippen molar-refractivity contribution in [1.29, 1.82) is 0 Å². The third kappa shape index (κ3) is 2.24. The highest BCUT2D eigenvalue weighted by Crippen LogP contribution is 2.44. The van der Waals surface area contributed by atoms with E-state index >= 15 is 0 Å². The summed E-state index contributed by atoms with van der Waals surface area (Å²) in [6.45, 7) is 2.96. The molecule has 1 N–H and O–H groups in total. The van der Waals surface area contributed by atoms with E-state index in [0.29, 0.717) is 25.7 Å². The van der Waals surface area contributed by atoms with Gasteiger partial charge in [0.2, 0.25) is 0 Å². The fraction of sp³-hybridized carbons (Fsp3) is 1.00. The Kier molecular flexibility index (Phi) is 3.15. The summed E-state index contributed by atoms with van der Waals surface area (Å²) in [5.41, 5.74) is -0.555. The van der Waals surface area contributed by atoms with E-state index in [2.05, 4.69) is 0 Å². The summed E-state index contributed by atoms with van der Waals surface area (Å²) >= 11 is 0. The fourth-order valence-electron chi connectivity index (χ4n) is 3.42. The van der Waals surface area contributed by atoms with Crippen molar-refractivity contribution in [1.82, 2.24) is 0 Å². The van der Waals surface area contributed by atoms with Gasteiger partial charge in [-0.3, -0.25) is 0 Å². The van der Waals surface area contributed by atoms with Gasteiger partial charge in [-0.25, -0.2) is 0 Å². The van der Waals surface area contributed by atoms with Gasteiger partial charge in [0, 0.05) is 25.4 Å². The summed E-state index contributed by atoms with van der Waals surface area (Å²) in [6, 6.07) is 0. The molecule has 1 atom stereocenters. The van der Waals surface area contributed by atoms with Crippen LogP contribution in [0, 0.1) is 5.92 Å². The van der Waals surface area contributed by atoms with Crippen LogP contribution in [-0.2, 0) is 14.2 Å². The lowest BCUT2D eigenvalue weighted by Crippen LogP contribution is -2.49. The second-order valence-electron chi connectivity index (χ2n) is 5.63. The zero-order valence-corrected chi connectivity index (χ0v) is 10.3. The summed E-state index contributed by atoms with van der Waals surface area (Å²) in [6.07, 6.45) is 5.36. The molecule has 1 unspecified atom stereocenters. The molecular formula is C13H22O4. The quantitative estimate of drug-likeness (QED) is 0.756. The van der Waals surface area contributed by atoms with Gasteiger partial charge in [-0.05, 0) is 25.7 Å². The van der Waals surface area contributed by atoms with Gasteiger partial charge in [-0.15, -0.1) is 0 Å². The van der Waals surface area contributed by atoms with E-state index in [1.165, 1.54) is 0 Å². The average molecular weight is 242 g/mol. The third-order valence-electron chi connectivity index (χ3n) is 4.61. The summed E-state index contributed by atoms with van der Waals surface area (Å²) in [7, 11) is 0. The molecule has 17 heavy (non-hydrogen) atoms. The van der Waals surface area contributed by atoms with Crippen molar-refractivity contribution in [3.8, 4) is 0 Å². The Morgan fingerprint density at radius 3 is 2.24 bits per heavy atom. The monoisotopic (exact) mass is 242 g/mol. The summed E-state index contributed by atoms with van der Waals surface area (Å²) < 4.78 is 16.9. The number of hydrogen-bond acceptors (Lipinski definition) is 4. The summed E-state index contributed by atoms with van der Waals surface area (Å²) in [5, 5.41) is 10.7. The largest absolute Gasteiger partial charge is 0.390 e. The molecule has 1 spiro atoms. The number of ether oxygens (including phenoxy) is 3. The van der Waals surface area contributed by atoms with Crippen molar-refractivity contribution in [3.63, 3.8) is 0 Å². The topological polar surface area (TPSA) is 47.9 Å². The second kappa shape index (κ2) is 4.50. The van der Waals surface area contributed by atoms with Crippen LogP contribution in [0.4, 0.5) is 0 Å². The molecule has 0 aromatic carbocycles. The van der Waals surface area contributed by atoms with Crippen LogP contribution < -0.4 is 0 Å². The van der Waals surface area contributed by atoms with Crippen LogP contribution in [0.3, 0.4) is 0 Å². The summed E-state index contributed by atoms with van der Waals surface area (Å²) in [4.78, 5) is 0. The number of aliphatic hydroxyl groups is 1. The van der Waals surface area contributed by atoms with Crippen molar-refractivity contribution in [2.75, 3.05) is 26.4 Å². The van der Waals surface area contributed by atoms with Crippen molar-refractivity contribution in [3.05, 3.63) is 0 Å². The molecule has 0 bridgehead atoms. The van der Waals surface area contributed by atoms with Crippen LogP contribution in [0.15, 0.2) is 0 Å². The van der Waals surface area contributed by atoms with E-state index in [4.69, 9.17) is 14.2 Å². The van der Waals surface area contributed by atoms with Gasteiger partial charge in [-0.1, -0.05) is 0 Å². The van der Waals surface area contributed by atoms with Crippen LogP contribution in [0.25, 0.3) is 0 Å². The first-order valence-electron chi connectivity index (χ1n) is 6.81. The van der Waals surface area contributed by atoms with E-state index in [-0.39, 0.29) is 5.79 Å². The summed E-state index contributed by atoms with van der Waals surface area (Å²) in [5.74, 6) is -0.0723. The highest BCUT2D eigenvalue weighted by molar-refractivity contribution is 4.95. The van der Waals surface area contributed by atoms with E-state index in [0.717, 1.165) is 45.1 Å². The minimum absolute atomic E-state index is 0.301. The van der Waals surface area contributed by atoms with Gasteiger partial charge in [0.05, 0.1) is 25.4 Å². The molecule has 0 radical (unpaired) electrons. The Bertz CT molecular complexity index is 257. The molecule has 98 valence electrons. The highest BCUT2D eigenvalue weighted by Gasteiger charge is 2.48. The average Bonchev–Trinajstić information content (AvgIpc) is 2.84. The molecule has 1 aliphatic carbocycles. The molecule has 2 saturated heterocycles. The van der Waals surface area contributed by atoms with Gasteiger partial charge in [0.25, 0.3) is 0 Å². The van der Waals surface area contributed by atoms with E-state index in [1.54, 1.807) is 0 Å². The molecular weight excluding hydrogens is 220 g/mol. The Morgan fingerprint density at radius 1 is 0.941 bits per heavy atom. The molecule has 4 nitrogen and oxygen atoms in total. The van der Waals surface area contributed by atoms with E-state index in [9.17, 15) is 5.11 Å². The Labute approximate surface area is 102 Å². The van der Waals surface area contributed by atoms with Crippen LogP contribution in [0.2, 0.25) is 0 Å². The van der Waals surface area contributed by atoms with Gasteiger partial charge in [0.15, 0.2) is 5.79 Å². The maximum Gasteiger partial charge on any atom is 0.168 e. The number of hydrogen-bond donors (Lipinski definition) is 1. The lowest BCUT2D eigenvalue weighted by Gasteiger charge is -2.45. The first-order chi connectivity index (χ1) is 8.23. The molecule has 2 aliphatic heterocycles. The maximum absolute atomic E-state index is 10.7. The Hall–Kier alpha value is -0.160. The fourth-order valence-corrected chi connectivity index (χ4v) is 3.42. The zero-order chi connectivity index (χ0) is 11.8. The van der Waals surface area contributed by atoms with Crippen molar-refractivity contribution >= 4 is 0 Å². The Morgan fingerprint density at radius 2 is 1.65 bits per heavy atom. The predicted octanol–water partition coefficient (Wildman–Crippen LogP) is 1.46. The lowest BCUT2D eigenvalue weighted by atomic mass is 9.72. The lowest BCUT2D eigenvalue weighted by molar-refractivity contribution is -0.215. The number of rotatable bonds is 1. The molecule has 3 aliphatic rings. The molecule has 3 fully saturated rings. The van der Waals surface area contributed by atoms with Gasteiger partial charge in [-0.2, -0.15) is 0 Å². The van der Waals surface area contributed by atoms with Crippen molar-refractivity contribution in [2.24, 2.45) is 5.92 Å². The minimum Gasteiger partial charge on any atom is -0.390 e. The van der Waals surface area contributed by atoms with Crippen molar-refractivity contribution in [2.45, 2.75) is 49.9 Å². The molecule has 2 heterocycles. The third-order valence-corrected chi connectivity index (χ3v) is 4.61. The van der Waals surface area contributed by atoms with Gasteiger partial charge >= 0.3 is 0 Å². The standard InChI is InChI=1S/C13H22O4/c14-12(11-2-1-7-15-10-11)3-5-13(6-4-12)16-8-9-17-13/h11,14H,1-10H2. The molecule has 0 aromatic heterocycles. The van der Waals surface area contributed by atoms with Crippen LogP contribution in [-0.4, -0.2) is 42.9 Å². The van der Waals surface area contributed by atoms with Crippen LogP contribution in [0.1, 0.15) is 38.5 Å². The van der Waals surface area contributed by atoms with E-state index in [1.807, 2.05) is 0 Å². The first kappa shape index (κ1) is 11.9. The first-order valence-corrected chi connectivity index (χ1v) is 6.81. The Balaban J connectivity index is 1.62. The molecule has 3 rings (SSSR count). The van der Waals surface area contributed by atoms with E-state index < -0.39 is 5.60 Å². The van der Waals surface area contributed by atoms with Crippen LogP contribution >= 0.6 is 0 Å². The minimum atomic E-state index is -0.555. The predicted molar refractivity (Wildman–Crippen MR) is 61.6 cm³/mol.